The molecule has 0 unspecified atom stereocenters. The highest BCUT2D eigenvalue weighted by Crippen LogP contribution is 2.32. The highest BCUT2D eigenvalue weighted by atomic mass is 35.5. The van der Waals surface area contributed by atoms with Crippen molar-refractivity contribution >= 4 is 29.6 Å². The van der Waals surface area contributed by atoms with E-state index in [0.29, 0.717) is 12.3 Å². The number of alkyl halides is 3. The van der Waals surface area contributed by atoms with E-state index in [4.69, 9.17) is 11.6 Å². The Balaban J connectivity index is 2.90. The molecule has 0 bridgehead atoms. The number of aromatic nitrogens is 1. The SMILES string of the molecule is CCOC(=O)/C=N/c1ncc(C(F)(F)F)cc1Cl. The van der Waals surface area contributed by atoms with Crippen LogP contribution in [0.3, 0.4) is 0 Å². The highest BCUT2D eigenvalue weighted by Gasteiger charge is 2.31. The lowest BCUT2D eigenvalue weighted by Gasteiger charge is -2.06. The lowest BCUT2D eigenvalue weighted by atomic mass is 10.3. The molecule has 0 aliphatic carbocycles. The number of pyridine rings is 1. The van der Waals surface area contributed by atoms with E-state index >= 15 is 0 Å². The number of aliphatic imine (C=N–C) groups is 1. The highest BCUT2D eigenvalue weighted by molar-refractivity contribution is 6.33. The van der Waals surface area contributed by atoms with E-state index in [1.54, 1.807) is 6.92 Å². The summed E-state index contributed by atoms with van der Waals surface area (Å²) in [5.74, 6) is -0.909. The van der Waals surface area contributed by atoms with Gasteiger partial charge in [0.1, 0.15) is 6.21 Å². The van der Waals surface area contributed by atoms with E-state index in [2.05, 4.69) is 14.7 Å². The first-order valence-corrected chi connectivity index (χ1v) is 5.16. The molecule has 0 atom stereocenters. The molecule has 0 saturated heterocycles. The third kappa shape index (κ3) is 3.99. The zero-order chi connectivity index (χ0) is 13.8. The van der Waals surface area contributed by atoms with Crippen LogP contribution in [-0.2, 0) is 15.7 Å². The van der Waals surface area contributed by atoms with E-state index in [1.807, 2.05) is 0 Å². The molecule has 1 aromatic rings. The minimum absolute atomic E-state index is 0.166. The lowest BCUT2D eigenvalue weighted by molar-refractivity contribution is -0.138. The van der Waals surface area contributed by atoms with Gasteiger partial charge < -0.3 is 4.74 Å². The van der Waals surface area contributed by atoms with Gasteiger partial charge in [-0.05, 0) is 13.0 Å². The number of esters is 1. The second-order valence-corrected chi connectivity index (χ2v) is 3.44. The van der Waals surface area contributed by atoms with Crippen LogP contribution in [0.15, 0.2) is 17.3 Å². The predicted molar refractivity (Wildman–Crippen MR) is 59.0 cm³/mol. The maximum atomic E-state index is 12.3. The van der Waals surface area contributed by atoms with E-state index in [0.717, 1.165) is 6.21 Å². The number of rotatable bonds is 3. The van der Waals surface area contributed by atoms with Crippen LogP contribution in [0.1, 0.15) is 12.5 Å². The van der Waals surface area contributed by atoms with E-state index < -0.39 is 17.7 Å². The van der Waals surface area contributed by atoms with Gasteiger partial charge in [-0.25, -0.2) is 14.8 Å². The molecule has 0 saturated carbocycles. The molecule has 18 heavy (non-hydrogen) atoms. The van der Waals surface area contributed by atoms with Crippen LogP contribution in [0, 0.1) is 0 Å². The number of carbonyl (C=O) groups excluding carboxylic acids is 1. The summed E-state index contributed by atoms with van der Waals surface area (Å²) in [5.41, 5.74) is -0.984. The smallest absolute Gasteiger partial charge is 0.417 e. The standard InChI is InChI=1S/C10H8ClF3N2O2/c1-2-18-8(17)5-16-9-7(11)3-6(4-15-9)10(12,13)14/h3-5H,2H2,1H3/b16-5+. The van der Waals surface area contributed by atoms with Crippen molar-refractivity contribution < 1.29 is 22.7 Å². The van der Waals surface area contributed by atoms with Crippen molar-refractivity contribution in [2.75, 3.05) is 6.61 Å². The van der Waals surface area contributed by atoms with Crippen LogP contribution >= 0.6 is 11.6 Å². The average Bonchev–Trinajstić information content (AvgIpc) is 2.26. The molecule has 0 fully saturated rings. The van der Waals surface area contributed by atoms with Crippen molar-refractivity contribution in [3.05, 3.63) is 22.8 Å². The Kier molecular flexibility index (Phi) is 4.66. The molecule has 8 heteroatoms. The van der Waals surface area contributed by atoms with Crippen molar-refractivity contribution in [3.63, 3.8) is 0 Å². The molecule has 0 aromatic carbocycles. The van der Waals surface area contributed by atoms with Gasteiger partial charge in [0.05, 0.1) is 17.2 Å². The number of nitrogens with zero attached hydrogens (tertiary/aromatic N) is 2. The number of carbonyl (C=O) groups is 1. The van der Waals surface area contributed by atoms with Crippen molar-refractivity contribution in [1.29, 1.82) is 0 Å². The van der Waals surface area contributed by atoms with Gasteiger partial charge in [-0.1, -0.05) is 11.6 Å². The topological polar surface area (TPSA) is 51.5 Å². The summed E-state index contributed by atoms with van der Waals surface area (Å²) in [6.07, 6.45) is -3.14. The Hall–Kier alpha value is -1.63. The number of hydrogen-bond acceptors (Lipinski definition) is 4. The quantitative estimate of drug-likeness (QED) is 0.632. The minimum atomic E-state index is -4.53. The Labute approximate surface area is 105 Å². The van der Waals surface area contributed by atoms with Crippen LogP contribution in [0.5, 0.6) is 0 Å². The van der Waals surface area contributed by atoms with Crippen LogP contribution < -0.4 is 0 Å². The van der Waals surface area contributed by atoms with Crippen molar-refractivity contribution in [2.45, 2.75) is 13.1 Å². The van der Waals surface area contributed by atoms with E-state index in [1.165, 1.54) is 0 Å². The summed E-state index contributed by atoms with van der Waals surface area (Å²) in [7, 11) is 0. The van der Waals surface area contributed by atoms with E-state index in [-0.39, 0.29) is 17.4 Å². The summed E-state index contributed by atoms with van der Waals surface area (Å²) in [5, 5.41) is -0.301. The Morgan fingerprint density at radius 3 is 2.78 bits per heavy atom. The molecule has 1 rings (SSSR count). The third-order valence-corrected chi connectivity index (χ3v) is 2.01. The van der Waals surface area contributed by atoms with Gasteiger partial charge in [0.2, 0.25) is 0 Å². The van der Waals surface area contributed by atoms with Crippen LogP contribution in [0.4, 0.5) is 19.0 Å². The summed E-state index contributed by atoms with van der Waals surface area (Å²) >= 11 is 5.57. The second-order valence-electron chi connectivity index (χ2n) is 3.04. The van der Waals surface area contributed by atoms with Gasteiger partial charge in [0.25, 0.3) is 0 Å². The Morgan fingerprint density at radius 1 is 1.61 bits per heavy atom. The molecule has 0 aliphatic heterocycles. The van der Waals surface area contributed by atoms with Crippen molar-refractivity contribution in [2.24, 2.45) is 4.99 Å². The molecular weight excluding hydrogens is 273 g/mol. The average molecular weight is 281 g/mol. The molecule has 0 amide bonds. The van der Waals surface area contributed by atoms with Crippen LogP contribution in [0.2, 0.25) is 5.02 Å². The molecule has 0 aliphatic rings. The lowest BCUT2D eigenvalue weighted by Crippen LogP contribution is -2.06. The monoisotopic (exact) mass is 280 g/mol. The molecule has 0 radical (unpaired) electrons. The first-order chi connectivity index (χ1) is 8.34. The normalized spacial score (nSPS) is 11.8. The Bertz CT molecular complexity index is 475. The van der Waals surface area contributed by atoms with E-state index in [9.17, 15) is 18.0 Å². The predicted octanol–water partition coefficient (Wildman–Crippen LogP) is 3.02. The zero-order valence-electron chi connectivity index (χ0n) is 9.16. The first kappa shape index (κ1) is 14.4. The fourth-order valence-corrected chi connectivity index (χ4v) is 1.19. The zero-order valence-corrected chi connectivity index (χ0v) is 9.92. The fourth-order valence-electron chi connectivity index (χ4n) is 0.974. The first-order valence-electron chi connectivity index (χ1n) is 4.78. The Morgan fingerprint density at radius 2 is 2.28 bits per heavy atom. The van der Waals surface area contributed by atoms with Gasteiger partial charge in [0.15, 0.2) is 5.82 Å². The van der Waals surface area contributed by atoms with Gasteiger partial charge in [-0.3, -0.25) is 0 Å². The summed E-state index contributed by atoms with van der Waals surface area (Å²) in [6.45, 7) is 1.77. The molecule has 0 N–H and O–H groups in total. The fraction of sp³-hybridized carbons (Fsp3) is 0.300. The van der Waals surface area contributed by atoms with Crippen molar-refractivity contribution in [1.82, 2.24) is 4.98 Å². The molecule has 98 valence electrons. The second kappa shape index (κ2) is 5.81. The largest absolute Gasteiger partial charge is 0.462 e. The number of ether oxygens (including phenoxy) is 1. The summed E-state index contributed by atoms with van der Waals surface area (Å²) in [4.78, 5) is 17.9. The maximum Gasteiger partial charge on any atom is 0.417 e. The summed E-state index contributed by atoms with van der Waals surface area (Å²) in [6, 6.07) is 0.687. The van der Waals surface area contributed by atoms with Crippen molar-refractivity contribution in [3.8, 4) is 0 Å². The number of halogens is 4. The molecular formula is C10H8ClF3N2O2. The molecule has 1 heterocycles. The van der Waals surface area contributed by atoms with Gasteiger partial charge >= 0.3 is 12.1 Å². The van der Waals surface area contributed by atoms with Gasteiger partial charge in [-0.15, -0.1) is 0 Å². The summed E-state index contributed by atoms with van der Waals surface area (Å²) < 4.78 is 41.5. The minimum Gasteiger partial charge on any atom is -0.462 e. The molecule has 4 nitrogen and oxygen atoms in total. The van der Waals surface area contributed by atoms with Gasteiger partial charge in [-0.2, -0.15) is 13.2 Å². The number of hydrogen-bond donors (Lipinski definition) is 0. The van der Waals surface area contributed by atoms with Gasteiger partial charge in [0, 0.05) is 6.20 Å². The van der Waals surface area contributed by atoms with Crippen LogP contribution in [-0.4, -0.2) is 23.8 Å². The third-order valence-electron chi connectivity index (χ3n) is 1.73. The maximum absolute atomic E-state index is 12.3. The molecule has 0 spiro atoms. The van der Waals surface area contributed by atoms with Crippen LogP contribution in [0.25, 0.3) is 0 Å². The molecule has 1 aromatic heterocycles.